The summed E-state index contributed by atoms with van der Waals surface area (Å²) in [7, 11) is 0. The molecule has 0 bridgehead atoms. The first-order chi connectivity index (χ1) is 7.75. The number of rotatable bonds is 3. The van der Waals surface area contributed by atoms with Gasteiger partial charge in [0.05, 0.1) is 0 Å². The van der Waals surface area contributed by atoms with Crippen LogP contribution in [-0.4, -0.2) is 24.2 Å². The molecule has 4 heteroatoms. The lowest BCUT2D eigenvalue weighted by atomic mass is 10.1. The number of nitrogens with one attached hydrogen (secondary N) is 1. The summed E-state index contributed by atoms with van der Waals surface area (Å²) in [5.41, 5.74) is 1.18. The Hall–Kier alpha value is -0.640. The lowest BCUT2D eigenvalue weighted by molar-refractivity contribution is 0.0754. The number of ether oxygens (including phenoxy) is 1. The lowest BCUT2D eigenvalue weighted by Gasteiger charge is -2.26. The standard InChI is InChI=1S/C12H17ClN2O/c1-9(10-2-3-12(13)14-8-10)15-11-4-6-16-7-5-11/h2-3,8-9,11,15H,4-7H2,1H3. The van der Waals surface area contributed by atoms with Crippen molar-refractivity contribution in [2.45, 2.75) is 31.8 Å². The first-order valence-electron chi connectivity index (χ1n) is 5.71. The highest BCUT2D eigenvalue weighted by atomic mass is 35.5. The molecule has 0 saturated carbocycles. The summed E-state index contributed by atoms with van der Waals surface area (Å²) >= 11 is 5.76. The van der Waals surface area contributed by atoms with Gasteiger partial charge in [-0.2, -0.15) is 0 Å². The number of halogens is 1. The predicted octanol–water partition coefficient (Wildman–Crippen LogP) is 2.56. The van der Waals surface area contributed by atoms with Crippen LogP contribution >= 0.6 is 11.6 Å². The molecule has 0 aromatic carbocycles. The van der Waals surface area contributed by atoms with Crippen molar-refractivity contribution in [1.82, 2.24) is 10.3 Å². The fourth-order valence-corrected chi connectivity index (χ4v) is 2.07. The maximum absolute atomic E-state index is 5.76. The molecule has 1 aliphatic rings. The van der Waals surface area contributed by atoms with Crippen molar-refractivity contribution in [3.8, 4) is 0 Å². The van der Waals surface area contributed by atoms with Crippen LogP contribution in [0.4, 0.5) is 0 Å². The Kier molecular flexibility index (Phi) is 4.16. The Labute approximate surface area is 101 Å². The summed E-state index contributed by atoms with van der Waals surface area (Å²) in [5, 5.41) is 4.14. The highest BCUT2D eigenvalue weighted by molar-refractivity contribution is 6.29. The van der Waals surface area contributed by atoms with Gasteiger partial charge in [0.15, 0.2) is 0 Å². The minimum Gasteiger partial charge on any atom is -0.381 e. The first-order valence-corrected chi connectivity index (χ1v) is 6.09. The smallest absolute Gasteiger partial charge is 0.129 e. The number of hydrogen-bond acceptors (Lipinski definition) is 3. The molecule has 1 N–H and O–H groups in total. The van der Waals surface area contributed by atoms with Crippen LogP contribution in [-0.2, 0) is 4.74 Å². The molecule has 16 heavy (non-hydrogen) atoms. The highest BCUT2D eigenvalue weighted by Crippen LogP contribution is 2.16. The van der Waals surface area contributed by atoms with Crippen molar-refractivity contribution in [2.75, 3.05) is 13.2 Å². The van der Waals surface area contributed by atoms with Gasteiger partial charge in [-0.1, -0.05) is 17.7 Å². The number of hydrogen-bond donors (Lipinski definition) is 1. The number of nitrogens with zero attached hydrogens (tertiary/aromatic N) is 1. The van der Waals surface area contributed by atoms with Crippen LogP contribution in [0.1, 0.15) is 31.4 Å². The third-order valence-corrected chi connectivity index (χ3v) is 3.18. The first kappa shape index (κ1) is 11.8. The summed E-state index contributed by atoms with van der Waals surface area (Å²) in [6, 6.07) is 4.72. The predicted molar refractivity (Wildman–Crippen MR) is 64.6 cm³/mol. The van der Waals surface area contributed by atoms with E-state index in [0.29, 0.717) is 17.2 Å². The monoisotopic (exact) mass is 240 g/mol. The normalized spacial score (nSPS) is 19.6. The average Bonchev–Trinajstić information content (AvgIpc) is 2.31. The summed E-state index contributed by atoms with van der Waals surface area (Å²) in [4.78, 5) is 4.09. The van der Waals surface area contributed by atoms with Gasteiger partial charge in [0.2, 0.25) is 0 Å². The summed E-state index contributed by atoms with van der Waals surface area (Å²) in [5.74, 6) is 0. The van der Waals surface area contributed by atoms with E-state index in [1.165, 1.54) is 5.56 Å². The molecule has 1 fully saturated rings. The molecule has 88 valence electrons. The van der Waals surface area contributed by atoms with Crippen LogP contribution in [0, 0.1) is 0 Å². The second-order valence-corrected chi connectivity index (χ2v) is 4.58. The Morgan fingerprint density at radius 2 is 2.19 bits per heavy atom. The summed E-state index contributed by atoms with van der Waals surface area (Å²) in [6.45, 7) is 3.88. The van der Waals surface area contributed by atoms with Gasteiger partial charge in [-0.15, -0.1) is 0 Å². The van der Waals surface area contributed by atoms with Gasteiger partial charge in [0.1, 0.15) is 5.15 Å². The molecule has 2 heterocycles. The Bertz CT molecular complexity index is 322. The van der Waals surface area contributed by atoms with Crippen LogP contribution < -0.4 is 5.32 Å². The van der Waals surface area contributed by atoms with E-state index in [0.717, 1.165) is 26.1 Å². The average molecular weight is 241 g/mol. The molecule has 1 saturated heterocycles. The molecule has 0 radical (unpaired) electrons. The van der Waals surface area contributed by atoms with Crippen molar-refractivity contribution in [3.05, 3.63) is 29.0 Å². The topological polar surface area (TPSA) is 34.1 Å². The molecule has 1 aromatic heterocycles. The maximum atomic E-state index is 5.76. The van der Waals surface area contributed by atoms with Crippen LogP contribution in [0.25, 0.3) is 0 Å². The van der Waals surface area contributed by atoms with Gasteiger partial charge in [-0.3, -0.25) is 0 Å². The van der Waals surface area contributed by atoms with Gasteiger partial charge in [0, 0.05) is 31.5 Å². The largest absolute Gasteiger partial charge is 0.381 e. The zero-order valence-electron chi connectivity index (χ0n) is 9.45. The SMILES string of the molecule is CC(NC1CCOCC1)c1ccc(Cl)nc1. The quantitative estimate of drug-likeness (QED) is 0.825. The molecule has 0 aliphatic carbocycles. The summed E-state index contributed by atoms with van der Waals surface area (Å²) in [6.07, 6.45) is 4.01. The van der Waals surface area contributed by atoms with E-state index in [1.807, 2.05) is 18.3 Å². The third-order valence-electron chi connectivity index (χ3n) is 2.96. The van der Waals surface area contributed by atoms with Crippen LogP contribution in [0.3, 0.4) is 0 Å². The van der Waals surface area contributed by atoms with Gasteiger partial charge in [-0.25, -0.2) is 4.98 Å². The highest BCUT2D eigenvalue weighted by Gasteiger charge is 2.16. The molecule has 2 rings (SSSR count). The molecular weight excluding hydrogens is 224 g/mol. The lowest BCUT2D eigenvalue weighted by Crippen LogP contribution is -2.36. The minimum atomic E-state index is 0.313. The van der Waals surface area contributed by atoms with Crippen molar-refractivity contribution in [2.24, 2.45) is 0 Å². The molecule has 3 nitrogen and oxygen atoms in total. The molecule has 1 unspecified atom stereocenters. The van der Waals surface area contributed by atoms with E-state index in [1.54, 1.807) is 0 Å². The van der Waals surface area contributed by atoms with Crippen LogP contribution in [0.5, 0.6) is 0 Å². The van der Waals surface area contributed by atoms with Crippen LogP contribution in [0.2, 0.25) is 5.15 Å². The minimum absolute atomic E-state index is 0.313. The Morgan fingerprint density at radius 1 is 1.44 bits per heavy atom. The van der Waals surface area contributed by atoms with E-state index in [2.05, 4.69) is 17.2 Å². The van der Waals surface area contributed by atoms with Crippen molar-refractivity contribution in [1.29, 1.82) is 0 Å². The Morgan fingerprint density at radius 3 is 2.81 bits per heavy atom. The van der Waals surface area contributed by atoms with Crippen molar-refractivity contribution in [3.63, 3.8) is 0 Å². The second-order valence-electron chi connectivity index (χ2n) is 4.19. The van der Waals surface area contributed by atoms with Gasteiger partial charge in [-0.05, 0) is 31.4 Å². The molecule has 1 aromatic rings. The van der Waals surface area contributed by atoms with Crippen molar-refractivity contribution < 1.29 is 4.74 Å². The molecule has 1 atom stereocenters. The van der Waals surface area contributed by atoms with Gasteiger partial charge < -0.3 is 10.1 Å². The number of pyridine rings is 1. The number of aromatic nitrogens is 1. The molecule has 0 spiro atoms. The van der Waals surface area contributed by atoms with Crippen molar-refractivity contribution >= 4 is 11.6 Å². The van der Waals surface area contributed by atoms with E-state index in [-0.39, 0.29) is 0 Å². The molecule has 1 aliphatic heterocycles. The second kappa shape index (κ2) is 5.62. The van der Waals surface area contributed by atoms with E-state index in [4.69, 9.17) is 16.3 Å². The molecular formula is C12H17ClN2O. The maximum Gasteiger partial charge on any atom is 0.129 e. The van der Waals surface area contributed by atoms with Gasteiger partial charge in [0.25, 0.3) is 0 Å². The van der Waals surface area contributed by atoms with Gasteiger partial charge >= 0.3 is 0 Å². The van der Waals surface area contributed by atoms with Crippen LogP contribution in [0.15, 0.2) is 18.3 Å². The Balaban J connectivity index is 1.91. The third kappa shape index (κ3) is 3.17. The van der Waals surface area contributed by atoms with E-state index >= 15 is 0 Å². The fraction of sp³-hybridized carbons (Fsp3) is 0.583. The zero-order valence-corrected chi connectivity index (χ0v) is 10.2. The van der Waals surface area contributed by atoms with E-state index in [9.17, 15) is 0 Å². The van der Waals surface area contributed by atoms with E-state index < -0.39 is 0 Å². The fourth-order valence-electron chi connectivity index (χ4n) is 1.96. The molecule has 0 amide bonds. The summed E-state index contributed by atoms with van der Waals surface area (Å²) < 4.78 is 5.33. The zero-order chi connectivity index (χ0) is 11.4.